The molecule has 5 nitrogen and oxygen atoms in total. The number of nitrogens with zero attached hydrogens (tertiary/aromatic N) is 2. The van der Waals surface area contributed by atoms with E-state index in [1.165, 1.54) is 11.0 Å². The number of carbonyl (C=O) groups excluding carboxylic acids is 1. The summed E-state index contributed by atoms with van der Waals surface area (Å²) in [6.45, 7) is 0. The Bertz CT molecular complexity index is 945. The second-order valence-electron chi connectivity index (χ2n) is 6.84. The number of rotatable bonds is 2. The maximum Gasteiger partial charge on any atom is 0.417 e. The van der Waals surface area contributed by atoms with E-state index >= 15 is 0 Å². The minimum Gasteiger partial charge on any atom is -0.316 e. The van der Waals surface area contributed by atoms with Crippen LogP contribution in [0.5, 0.6) is 0 Å². The number of sulfone groups is 1. The Labute approximate surface area is 162 Å². The fourth-order valence-electron chi connectivity index (χ4n) is 3.26. The zero-order valence-electron chi connectivity index (χ0n) is 13.7. The molecule has 146 valence electrons. The van der Waals surface area contributed by atoms with Crippen LogP contribution in [0.1, 0.15) is 18.4 Å². The van der Waals surface area contributed by atoms with Crippen molar-refractivity contribution in [2.45, 2.75) is 30.3 Å². The molecule has 0 spiro atoms. The van der Waals surface area contributed by atoms with Crippen LogP contribution in [-0.4, -0.2) is 42.3 Å². The van der Waals surface area contributed by atoms with Crippen LogP contribution in [0.4, 0.5) is 18.9 Å². The Hall–Kier alpha value is -1.26. The summed E-state index contributed by atoms with van der Waals surface area (Å²) in [4.78, 5) is 17.7. The first kappa shape index (κ1) is 19.1. The van der Waals surface area contributed by atoms with Gasteiger partial charge in [-0.25, -0.2) is 8.42 Å². The summed E-state index contributed by atoms with van der Waals surface area (Å²) in [5, 5.41) is -0.556. The van der Waals surface area contributed by atoms with Gasteiger partial charge in [0.2, 0.25) is 0 Å². The molecule has 1 saturated carbocycles. The van der Waals surface area contributed by atoms with E-state index in [0.29, 0.717) is 0 Å². The van der Waals surface area contributed by atoms with Gasteiger partial charge in [-0.1, -0.05) is 23.4 Å². The molecule has 0 N–H and O–H groups in total. The van der Waals surface area contributed by atoms with E-state index in [-0.39, 0.29) is 39.4 Å². The quantitative estimate of drug-likeness (QED) is 0.708. The lowest BCUT2D eigenvalue weighted by Crippen LogP contribution is -2.38. The smallest absolute Gasteiger partial charge is 0.316 e. The number of halogens is 4. The van der Waals surface area contributed by atoms with Gasteiger partial charge in [0.1, 0.15) is 0 Å². The van der Waals surface area contributed by atoms with E-state index in [1.54, 1.807) is 0 Å². The summed E-state index contributed by atoms with van der Waals surface area (Å²) in [5.74, 6) is -0.726. The fraction of sp³-hybridized carbons (Fsp3) is 0.500. The van der Waals surface area contributed by atoms with Crippen LogP contribution >= 0.6 is 23.4 Å². The predicted molar refractivity (Wildman–Crippen MR) is 97.9 cm³/mol. The van der Waals surface area contributed by atoms with Gasteiger partial charge in [-0.15, -0.1) is 0 Å². The molecule has 11 heteroatoms. The first-order valence-corrected chi connectivity index (χ1v) is 11.3. The Balaban J connectivity index is 1.77. The summed E-state index contributed by atoms with van der Waals surface area (Å²) in [6.07, 6.45) is -3.15. The highest BCUT2D eigenvalue weighted by Gasteiger charge is 2.50. The number of hydrogen-bond donors (Lipinski definition) is 0. The van der Waals surface area contributed by atoms with Crippen molar-refractivity contribution in [3.63, 3.8) is 0 Å². The molecular formula is C16H14ClF3N2O3S2. The van der Waals surface area contributed by atoms with Crippen LogP contribution in [0.15, 0.2) is 23.2 Å². The van der Waals surface area contributed by atoms with Gasteiger partial charge in [-0.05, 0) is 31.0 Å². The van der Waals surface area contributed by atoms with Crippen LogP contribution in [0, 0.1) is 5.92 Å². The highest BCUT2D eigenvalue weighted by molar-refractivity contribution is 8.16. The minimum absolute atomic E-state index is 0.0881. The molecule has 1 aromatic carbocycles. The van der Waals surface area contributed by atoms with Gasteiger partial charge in [-0.3, -0.25) is 4.79 Å². The number of hydrogen-bond acceptors (Lipinski definition) is 4. The zero-order valence-corrected chi connectivity index (χ0v) is 16.1. The van der Waals surface area contributed by atoms with Crippen molar-refractivity contribution in [1.82, 2.24) is 0 Å². The molecule has 1 aromatic rings. The Kier molecular flexibility index (Phi) is 4.51. The van der Waals surface area contributed by atoms with Gasteiger partial charge >= 0.3 is 6.18 Å². The molecule has 4 rings (SSSR count). The van der Waals surface area contributed by atoms with Gasteiger partial charge in [0.05, 0.1) is 28.1 Å². The van der Waals surface area contributed by atoms with Crippen LogP contribution in [0.3, 0.4) is 0 Å². The van der Waals surface area contributed by atoms with Gasteiger partial charge in [0.25, 0.3) is 5.91 Å². The fourth-order valence-corrected chi connectivity index (χ4v) is 7.41. The lowest BCUT2D eigenvalue weighted by atomic mass is 10.1. The van der Waals surface area contributed by atoms with Gasteiger partial charge < -0.3 is 4.90 Å². The van der Waals surface area contributed by atoms with Crippen molar-refractivity contribution in [2.24, 2.45) is 10.9 Å². The molecule has 3 fully saturated rings. The lowest BCUT2D eigenvalue weighted by molar-refractivity contribution is -0.137. The third kappa shape index (κ3) is 3.71. The molecular weight excluding hydrogens is 425 g/mol. The molecule has 1 amide bonds. The van der Waals surface area contributed by atoms with Gasteiger partial charge in [-0.2, -0.15) is 18.2 Å². The number of amidine groups is 1. The molecule has 1 aliphatic carbocycles. The number of carbonyl (C=O) groups is 1. The van der Waals surface area contributed by atoms with E-state index in [9.17, 15) is 26.4 Å². The van der Waals surface area contributed by atoms with Crippen LogP contribution in [0.25, 0.3) is 0 Å². The molecule has 0 unspecified atom stereocenters. The van der Waals surface area contributed by atoms with E-state index < -0.39 is 32.6 Å². The monoisotopic (exact) mass is 438 g/mol. The van der Waals surface area contributed by atoms with Crippen molar-refractivity contribution in [2.75, 3.05) is 16.4 Å². The number of benzene rings is 1. The van der Waals surface area contributed by atoms with Crippen LogP contribution in [0.2, 0.25) is 5.02 Å². The van der Waals surface area contributed by atoms with Gasteiger partial charge in [0, 0.05) is 16.9 Å². The highest BCUT2D eigenvalue weighted by Crippen LogP contribution is 2.44. The minimum atomic E-state index is -4.65. The zero-order chi connectivity index (χ0) is 19.6. The second kappa shape index (κ2) is 6.38. The normalized spacial score (nSPS) is 28.6. The third-order valence-corrected chi connectivity index (χ3v) is 8.27. The summed E-state index contributed by atoms with van der Waals surface area (Å²) in [5.41, 5.74) is -0.880. The highest BCUT2D eigenvalue weighted by atomic mass is 35.5. The average Bonchev–Trinajstić information content (AvgIpc) is 3.28. The number of aliphatic imine (C=N–C) groups is 1. The molecule has 0 aromatic heterocycles. The summed E-state index contributed by atoms with van der Waals surface area (Å²) in [6, 6.07) is 2.84. The topological polar surface area (TPSA) is 66.8 Å². The predicted octanol–water partition coefficient (Wildman–Crippen LogP) is 3.37. The molecule has 0 radical (unpaired) electrons. The number of amides is 1. The van der Waals surface area contributed by atoms with E-state index in [0.717, 1.165) is 36.7 Å². The number of fused-ring (bicyclic) bond motifs is 1. The number of thioether (sulfide) groups is 1. The van der Waals surface area contributed by atoms with Crippen molar-refractivity contribution in [1.29, 1.82) is 0 Å². The standard InChI is InChI=1S/C16H14ClF3N2O3S2/c17-11-4-3-9(5-10(11)16(18,19)20)22-12-6-27(24,25)7-13(12)26-15(22)21-14(23)8-1-2-8/h3-5,8,12-13H,1-2,6-7H2/t12-,13+/m1/s1. The Morgan fingerprint density at radius 1 is 1.26 bits per heavy atom. The SMILES string of the molecule is O=C(N=C1S[C@H]2CS(=O)(=O)C[C@H]2N1c1ccc(Cl)c(C(F)(F)F)c1)C1CC1. The van der Waals surface area contributed by atoms with Crippen LogP contribution in [-0.2, 0) is 20.8 Å². The molecule has 27 heavy (non-hydrogen) atoms. The van der Waals surface area contributed by atoms with Crippen molar-refractivity contribution in [3.05, 3.63) is 28.8 Å². The summed E-state index contributed by atoms with van der Waals surface area (Å²) < 4.78 is 63.7. The maximum atomic E-state index is 13.2. The lowest BCUT2D eigenvalue weighted by Gasteiger charge is -2.25. The number of alkyl halides is 3. The number of anilines is 1. The molecule has 2 aliphatic heterocycles. The van der Waals surface area contributed by atoms with Gasteiger partial charge in [0.15, 0.2) is 15.0 Å². The van der Waals surface area contributed by atoms with E-state index in [4.69, 9.17) is 11.6 Å². The molecule has 3 aliphatic rings. The van der Waals surface area contributed by atoms with Crippen molar-refractivity contribution in [3.8, 4) is 0 Å². The summed E-state index contributed by atoms with van der Waals surface area (Å²) in [7, 11) is -3.30. The first-order valence-electron chi connectivity index (χ1n) is 8.21. The third-order valence-electron chi connectivity index (χ3n) is 4.73. The van der Waals surface area contributed by atoms with Crippen molar-refractivity contribution < 1.29 is 26.4 Å². The largest absolute Gasteiger partial charge is 0.417 e. The Morgan fingerprint density at radius 2 is 1.96 bits per heavy atom. The van der Waals surface area contributed by atoms with E-state index in [2.05, 4.69) is 4.99 Å². The molecule has 2 saturated heterocycles. The first-order chi connectivity index (χ1) is 12.5. The Morgan fingerprint density at radius 3 is 2.59 bits per heavy atom. The maximum absolute atomic E-state index is 13.2. The second-order valence-corrected chi connectivity index (χ2v) is 10.6. The van der Waals surface area contributed by atoms with Crippen molar-refractivity contribution >= 4 is 50.0 Å². The van der Waals surface area contributed by atoms with E-state index in [1.807, 2.05) is 0 Å². The molecule has 2 atom stereocenters. The summed E-state index contributed by atoms with van der Waals surface area (Å²) >= 11 is 6.83. The molecule has 2 heterocycles. The average molecular weight is 439 g/mol. The molecule has 0 bridgehead atoms. The van der Waals surface area contributed by atoms with Crippen LogP contribution < -0.4 is 4.90 Å².